The van der Waals surface area contributed by atoms with Crippen molar-refractivity contribution in [3.8, 4) is 0 Å². The summed E-state index contributed by atoms with van der Waals surface area (Å²) in [5.41, 5.74) is 0. The average molecular weight is 259 g/mol. The van der Waals surface area contributed by atoms with Crippen molar-refractivity contribution in [2.45, 2.75) is 36.4 Å². The van der Waals surface area contributed by atoms with Crippen molar-refractivity contribution in [1.29, 1.82) is 0 Å². The predicted octanol–water partition coefficient (Wildman–Crippen LogP) is 3.04. The third-order valence-electron chi connectivity index (χ3n) is 1.76. The molecule has 0 radical (unpaired) electrons. The van der Waals surface area contributed by atoms with Gasteiger partial charge in [0.25, 0.3) is 11.9 Å². The first-order chi connectivity index (χ1) is 7.72. The van der Waals surface area contributed by atoms with E-state index < -0.39 is 4.33 Å². The van der Waals surface area contributed by atoms with Crippen molar-refractivity contribution in [3.05, 3.63) is 22.4 Å². The van der Waals surface area contributed by atoms with Gasteiger partial charge in [-0.05, 0) is 12.5 Å². The van der Waals surface area contributed by atoms with E-state index in [2.05, 4.69) is 16.9 Å². The Kier molecular flexibility index (Phi) is 6.17. The smallest absolute Gasteiger partial charge is 0.250 e. The summed E-state index contributed by atoms with van der Waals surface area (Å²) in [6.45, 7) is 2.15. The van der Waals surface area contributed by atoms with Gasteiger partial charge in [-0.1, -0.05) is 31.5 Å². The molecule has 1 aromatic heterocycles. The van der Waals surface area contributed by atoms with Crippen molar-refractivity contribution in [2.24, 2.45) is 0 Å². The number of hydrogen-bond acceptors (Lipinski definition) is 6. The van der Waals surface area contributed by atoms with Crippen LogP contribution in [0, 0.1) is 10.1 Å². The summed E-state index contributed by atoms with van der Waals surface area (Å²) in [6.07, 6.45) is 5.05. The van der Waals surface area contributed by atoms with Gasteiger partial charge < -0.3 is 0 Å². The molecule has 0 aromatic carbocycles. The van der Waals surface area contributed by atoms with E-state index in [4.69, 9.17) is 0 Å². The largest absolute Gasteiger partial charge is 0.286 e. The quantitative estimate of drug-likeness (QED) is 0.143. The predicted molar refractivity (Wildman–Crippen MR) is 65.1 cm³/mol. The standard InChI is InChI=1S/C9H13N3O2S2/c1-2-3-4-7-15-9-10-6-5-8(11-9)16-12(13)14/h5-6H,2-4,7H2,1H3. The van der Waals surface area contributed by atoms with E-state index in [0.29, 0.717) is 22.1 Å². The number of rotatable bonds is 7. The van der Waals surface area contributed by atoms with Crippen molar-refractivity contribution < 1.29 is 4.33 Å². The molecule has 0 aliphatic carbocycles. The Hall–Kier alpha value is -0.820. The van der Waals surface area contributed by atoms with Gasteiger partial charge in [0.2, 0.25) is 0 Å². The highest BCUT2D eigenvalue weighted by molar-refractivity contribution is 7.99. The zero-order valence-electron chi connectivity index (χ0n) is 8.96. The third-order valence-corrected chi connectivity index (χ3v) is 3.27. The van der Waals surface area contributed by atoms with Crippen LogP contribution in [-0.4, -0.2) is 20.0 Å². The van der Waals surface area contributed by atoms with Gasteiger partial charge in [0.15, 0.2) is 10.2 Å². The van der Waals surface area contributed by atoms with E-state index in [1.807, 2.05) is 0 Å². The Balaban J connectivity index is 2.44. The van der Waals surface area contributed by atoms with Gasteiger partial charge in [-0.25, -0.2) is 9.97 Å². The summed E-state index contributed by atoms with van der Waals surface area (Å²) in [5, 5.41) is 11.3. The van der Waals surface area contributed by atoms with Gasteiger partial charge in [0.05, 0.1) is 0 Å². The molecule has 0 bridgehead atoms. The first-order valence-corrected chi connectivity index (χ1v) is 6.76. The number of thioether (sulfide) groups is 1. The van der Waals surface area contributed by atoms with Gasteiger partial charge in [-0.3, -0.25) is 10.1 Å². The van der Waals surface area contributed by atoms with E-state index >= 15 is 0 Å². The van der Waals surface area contributed by atoms with Crippen LogP contribution in [0.2, 0.25) is 0 Å². The van der Waals surface area contributed by atoms with Crippen molar-refractivity contribution >= 4 is 23.7 Å². The molecule has 1 aromatic rings. The highest BCUT2D eigenvalue weighted by atomic mass is 32.2. The SMILES string of the molecule is CCCCCSc1nccc(S[N+](=O)[O-])n1. The number of hydrogen-bond donors (Lipinski definition) is 0. The van der Waals surface area contributed by atoms with E-state index in [0.717, 1.165) is 12.2 Å². The summed E-state index contributed by atoms with van der Waals surface area (Å²) in [6, 6.07) is 1.55. The van der Waals surface area contributed by atoms with Crippen molar-refractivity contribution in [3.63, 3.8) is 0 Å². The molecule has 1 heterocycles. The van der Waals surface area contributed by atoms with Crippen LogP contribution in [0.15, 0.2) is 22.4 Å². The third kappa shape index (κ3) is 5.32. The van der Waals surface area contributed by atoms with Crippen molar-refractivity contribution in [1.82, 2.24) is 9.97 Å². The zero-order valence-corrected chi connectivity index (χ0v) is 10.6. The molecular formula is C9H13N3O2S2. The maximum absolute atomic E-state index is 10.3. The lowest BCUT2D eigenvalue weighted by Gasteiger charge is -1.99. The Labute approximate surface area is 103 Å². The van der Waals surface area contributed by atoms with Crippen LogP contribution in [0.3, 0.4) is 0 Å². The lowest BCUT2D eigenvalue weighted by atomic mass is 10.3. The molecule has 0 saturated heterocycles. The maximum atomic E-state index is 10.3. The van der Waals surface area contributed by atoms with Gasteiger partial charge >= 0.3 is 0 Å². The second-order valence-electron chi connectivity index (χ2n) is 3.05. The number of unbranched alkanes of at least 4 members (excludes halogenated alkanes) is 2. The molecule has 88 valence electrons. The van der Waals surface area contributed by atoms with E-state index in [-0.39, 0.29) is 0 Å². The van der Waals surface area contributed by atoms with E-state index in [1.165, 1.54) is 12.8 Å². The molecule has 0 unspecified atom stereocenters. The monoisotopic (exact) mass is 259 g/mol. The van der Waals surface area contributed by atoms with Crippen LogP contribution >= 0.6 is 23.7 Å². The number of nitrogens with zero attached hydrogens (tertiary/aromatic N) is 3. The molecule has 1 rings (SSSR count). The lowest BCUT2D eigenvalue weighted by Crippen LogP contribution is -1.92. The van der Waals surface area contributed by atoms with Gasteiger partial charge in [-0.2, -0.15) is 0 Å². The molecule has 0 spiro atoms. The number of nitro groups is 1. The zero-order chi connectivity index (χ0) is 11.8. The fourth-order valence-corrected chi connectivity index (χ4v) is 2.33. The minimum Gasteiger partial charge on any atom is -0.250 e. The highest BCUT2D eigenvalue weighted by Crippen LogP contribution is 2.20. The summed E-state index contributed by atoms with van der Waals surface area (Å²) in [7, 11) is 0. The summed E-state index contributed by atoms with van der Waals surface area (Å²) >= 11 is 2.06. The van der Waals surface area contributed by atoms with Crippen LogP contribution in [-0.2, 0) is 0 Å². The van der Waals surface area contributed by atoms with Crippen molar-refractivity contribution in [2.75, 3.05) is 5.75 Å². The molecule has 0 fully saturated rings. The Morgan fingerprint density at radius 2 is 2.31 bits per heavy atom. The van der Waals surface area contributed by atoms with Gasteiger partial charge in [0, 0.05) is 11.9 Å². The summed E-state index contributed by atoms with van der Waals surface area (Å²) in [4.78, 5) is 18.4. The van der Waals surface area contributed by atoms with Crippen LogP contribution in [0.4, 0.5) is 0 Å². The molecule has 0 aliphatic rings. The lowest BCUT2D eigenvalue weighted by molar-refractivity contribution is -0.284. The fourth-order valence-electron chi connectivity index (χ4n) is 1.04. The Morgan fingerprint density at radius 3 is 3.00 bits per heavy atom. The fraction of sp³-hybridized carbons (Fsp3) is 0.556. The normalized spacial score (nSPS) is 10.3. The Bertz CT molecular complexity index is 349. The van der Waals surface area contributed by atoms with Gasteiger partial charge in [-0.15, -0.1) is 0 Å². The minimum absolute atomic E-state index is 0.387. The minimum atomic E-state index is -0.464. The second kappa shape index (κ2) is 7.45. The summed E-state index contributed by atoms with van der Waals surface area (Å²) < 4.78 is -0.464. The maximum Gasteiger partial charge on any atom is 0.286 e. The molecule has 0 amide bonds. The van der Waals surface area contributed by atoms with Crippen LogP contribution in [0.25, 0.3) is 0 Å². The molecule has 0 N–H and O–H groups in total. The van der Waals surface area contributed by atoms with E-state index in [1.54, 1.807) is 24.0 Å². The summed E-state index contributed by atoms with van der Waals surface area (Å²) in [5.74, 6) is 0.959. The average Bonchev–Trinajstić information content (AvgIpc) is 2.24. The number of aromatic nitrogens is 2. The first kappa shape index (κ1) is 13.2. The molecule has 7 heteroatoms. The van der Waals surface area contributed by atoms with Gasteiger partial charge in [0.1, 0.15) is 4.33 Å². The molecule has 5 nitrogen and oxygen atoms in total. The van der Waals surface area contributed by atoms with Crippen LogP contribution < -0.4 is 0 Å². The first-order valence-electron chi connectivity index (χ1n) is 5.00. The van der Waals surface area contributed by atoms with E-state index in [9.17, 15) is 10.1 Å². The Morgan fingerprint density at radius 1 is 1.50 bits per heavy atom. The molecule has 0 atom stereocenters. The highest BCUT2D eigenvalue weighted by Gasteiger charge is 2.08. The molecule has 16 heavy (non-hydrogen) atoms. The topological polar surface area (TPSA) is 68.9 Å². The van der Waals surface area contributed by atoms with Crippen LogP contribution in [0.1, 0.15) is 26.2 Å². The molecular weight excluding hydrogens is 246 g/mol. The molecule has 0 saturated carbocycles. The van der Waals surface area contributed by atoms with Crippen LogP contribution in [0.5, 0.6) is 0 Å². The second-order valence-corrected chi connectivity index (χ2v) is 5.01. The molecule has 0 aliphatic heterocycles.